The van der Waals surface area contributed by atoms with Crippen LogP contribution in [0.15, 0.2) is 30.3 Å². The number of carbonyl (C=O) groups excluding carboxylic acids is 1. The molecule has 4 atom stereocenters. The Bertz CT molecular complexity index is 987. The standard InChI is InChI=1S/C24H27ClO7/c25-19-15(9-12-1-3-13(4-2-12)14-5-6-14)10-17(16-7-8-32-24(16)19)20(28)22(30)23(31)21(29)18(27)11-26/h1-4,10,14,18,21-23,26-27,29-31H,5-9,11H2. The van der Waals surface area contributed by atoms with Crippen LogP contribution in [0.3, 0.4) is 0 Å². The summed E-state index contributed by atoms with van der Waals surface area (Å²) in [4.78, 5) is 13.0. The van der Waals surface area contributed by atoms with E-state index < -0.39 is 36.8 Å². The van der Waals surface area contributed by atoms with Crippen LogP contribution >= 0.6 is 11.6 Å². The van der Waals surface area contributed by atoms with Crippen molar-refractivity contribution in [2.24, 2.45) is 0 Å². The van der Waals surface area contributed by atoms with Gasteiger partial charge in [-0.05, 0) is 47.9 Å². The smallest absolute Gasteiger partial charge is 0.194 e. The number of carbonyl (C=O) groups is 1. The Balaban J connectivity index is 1.62. The van der Waals surface area contributed by atoms with Crippen LogP contribution in [0.2, 0.25) is 5.02 Å². The van der Waals surface area contributed by atoms with Gasteiger partial charge in [-0.3, -0.25) is 4.79 Å². The summed E-state index contributed by atoms with van der Waals surface area (Å²) >= 11 is 6.58. The number of hydrogen-bond acceptors (Lipinski definition) is 7. The minimum Gasteiger partial charge on any atom is -0.491 e. The van der Waals surface area contributed by atoms with E-state index in [9.17, 15) is 25.2 Å². The van der Waals surface area contributed by atoms with Gasteiger partial charge >= 0.3 is 0 Å². The molecule has 7 nitrogen and oxygen atoms in total. The fourth-order valence-corrected chi connectivity index (χ4v) is 4.40. The van der Waals surface area contributed by atoms with Crippen molar-refractivity contribution in [3.05, 3.63) is 63.2 Å². The first-order chi connectivity index (χ1) is 15.3. The minimum atomic E-state index is -2.00. The molecule has 4 unspecified atom stereocenters. The van der Waals surface area contributed by atoms with Crippen molar-refractivity contribution in [1.82, 2.24) is 0 Å². The summed E-state index contributed by atoms with van der Waals surface area (Å²) in [5.74, 6) is 0.225. The molecule has 1 heterocycles. The van der Waals surface area contributed by atoms with Crippen LogP contribution in [-0.4, -0.2) is 68.9 Å². The van der Waals surface area contributed by atoms with E-state index in [1.165, 1.54) is 18.4 Å². The molecule has 0 amide bonds. The zero-order valence-electron chi connectivity index (χ0n) is 17.4. The van der Waals surface area contributed by atoms with Gasteiger partial charge in [0.25, 0.3) is 0 Å². The Morgan fingerprint density at radius 2 is 1.78 bits per heavy atom. The Hall–Kier alpha value is -2.00. The predicted molar refractivity (Wildman–Crippen MR) is 117 cm³/mol. The summed E-state index contributed by atoms with van der Waals surface area (Å²) in [6.07, 6.45) is -4.25. The molecule has 0 radical (unpaired) electrons. The van der Waals surface area contributed by atoms with Gasteiger partial charge in [-0.15, -0.1) is 0 Å². The largest absolute Gasteiger partial charge is 0.491 e. The molecule has 2 aliphatic rings. The van der Waals surface area contributed by atoms with E-state index in [0.29, 0.717) is 47.3 Å². The molecule has 2 aromatic carbocycles. The van der Waals surface area contributed by atoms with Crippen molar-refractivity contribution in [3.8, 4) is 5.75 Å². The quantitative estimate of drug-likeness (QED) is 0.356. The predicted octanol–water partition coefficient (Wildman–Crippen LogP) is 1.36. The molecule has 5 N–H and O–H groups in total. The zero-order chi connectivity index (χ0) is 23.0. The first-order valence-corrected chi connectivity index (χ1v) is 11.1. The van der Waals surface area contributed by atoms with Gasteiger partial charge in [-0.2, -0.15) is 0 Å². The van der Waals surface area contributed by atoms with Crippen LogP contribution < -0.4 is 4.74 Å². The van der Waals surface area contributed by atoms with E-state index >= 15 is 0 Å². The lowest BCUT2D eigenvalue weighted by Gasteiger charge is -2.25. The molecule has 1 fully saturated rings. The maximum Gasteiger partial charge on any atom is 0.194 e. The fraction of sp³-hybridized carbons (Fsp3) is 0.458. The topological polar surface area (TPSA) is 127 Å². The SMILES string of the molecule is O=C(c1cc(Cc2ccc(C3CC3)cc2)c(Cl)c2c1CCO2)C(O)C(O)C(O)C(O)CO. The van der Waals surface area contributed by atoms with E-state index in [0.717, 1.165) is 5.56 Å². The number of fused-ring (bicyclic) bond motifs is 1. The van der Waals surface area contributed by atoms with Gasteiger partial charge in [0.05, 0.1) is 18.2 Å². The highest BCUT2D eigenvalue weighted by Gasteiger charge is 2.37. The number of rotatable bonds is 9. The monoisotopic (exact) mass is 462 g/mol. The van der Waals surface area contributed by atoms with Gasteiger partial charge in [0.1, 0.15) is 30.2 Å². The van der Waals surface area contributed by atoms with Gasteiger partial charge in [0.15, 0.2) is 5.78 Å². The second-order valence-electron chi connectivity index (χ2n) is 8.54. The Kier molecular flexibility index (Phi) is 6.86. The second-order valence-corrected chi connectivity index (χ2v) is 8.91. The lowest BCUT2D eigenvalue weighted by Crippen LogP contribution is -2.48. The summed E-state index contributed by atoms with van der Waals surface area (Å²) < 4.78 is 5.65. The van der Waals surface area contributed by atoms with E-state index in [1.807, 2.05) is 12.1 Å². The van der Waals surface area contributed by atoms with Crippen molar-refractivity contribution in [2.75, 3.05) is 13.2 Å². The molecular weight excluding hydrogens is 436 g/mol. The van der Waals surface area contributed by atoms with Crippen molar-refractivity contribution in [3.63, 3.8) is 0 Å². The van der Waals surface area contributed by atoms with Gasteiger partial charge in [0, 0.05) is 17.5 Å². The third-order valence-electron chi connectivity index (χ3n) is 6.21. The second kappa shape index (κ2) is 9.47. The fourth-order valence-electron chi connectivity index (χ4n) is 4.11. The van der Waals surface area contributed by atoms with Crippen molar-refractivity contribution >= 4 is 17.4 Å². The molecule has 0 spiro atoms. The number of ether oxygens (including phenoxy) is 1. The molecule has 4 rings (SSSR count). The molecule has 0 aromatic heterocycles. The third kappa shape index (κ3) is 4.55. The zero-order valence-corrected chi connectivity index (χ0v) is 18.2. The molecular formula is C24H27ClO7. The summed E-state index contributed by atoms with van der Waals surface area (Å²) in [5.41, 5.74) is 3.66. The van der Waals surface area contributed by atoms with Crippen molar-refractivity contribution in [2.45, 2.75) is 56.0 Å². The van der Waals surface area contributed by atoms with Crippen molar-refractivity contribution < 1.29 is 35.1 Å². The number of aliphatic hydroxyl groups excluding tert-OH is 5. The number of halogens is 1. The Morgan fingerprint density at radius 3 is 2.41 bits per heavy atom. The average Bonchev–Trinajstić information content (AvgIpc) is 3.54. The Morgan fingerprint density at radius 1 is 1.09 bits per heavy atom. The molecule has 1 saturated carbocycles. The molecule has 172 valence electrons. The number of benzene rings is 2. The summed E-state index contributed by atoms with van der Waals surface area (Å²) in [7, 11) is 0. The van der Waals surface area contributed by atoms with Gasteiger partial charge in [-0.25, -0.2) is 0 Å². The lowest BCUT2D eigenvalue weighted by molar-refractivity contribution is -0.105. The molecule has 1 aliphatic heterocycles. The van der Waals surface area contributed by atoms with E-state index in [4.69, 9.17) is 21.4 Å². The molecule has 2 aromatic rings. The van der Waals surface area contributed by atoms with Crippen LogP contribution in [0, 0.1) is 0 Å². The van der Waals surface area contributed by atoms with E-state index in [-0.39, 0.29) is 5.56 Å². The van der Waals surface area contributed by atoms with Crippen LogP contribution in [0.1, 0.15) is 51.4 Å². The summed E-state index contributed by atoms with van der Waals surface area (Å²) in [6, 6.07) is 9.86. The first kappa shape index (κ1) is 23.2. The third-order valence-corrected chi connectivity index (χ3v) is 6.62. The lowest BCUT2D eigenvalue weighted by atomic mass is 9.90. The van der Waals surface area contributed by atoms with Crippen LogP contribution in [0.25, 0.3) is 0 Å². The number of Topliss-reactive ketones (excluding diaryl/α,β-unsaturated/α-hetero) is 1. The van der Waals surface area contributed by atoms with Crippen molar-refractivity contribution in [1.29, 1.82) is 0 Å². The molecule has 0 saturated heterocycles. The molecule has 32 heavy (non-hydrogen) atoms. The first-order valence-electron chi connectivity index (χ1n) is 10.7. The maximum absolute atomic E-state index is 13.0. The van der Waals surface area contributed by atoms with Gasteiger partial charge in [0.2, 0.25) is 0 Å². The van der Waals surface area contributed by atoms with E-state index in [1.54, 1.807) is 6.07 Å². The molecule has 8 heteroatoms. The highest BCUT2D eigenvalue weighted by Crippen LogP contribution is 2.41. The number of ketones is 1. The molecule has 1 aliphatic carbocycles. The number of aliphatic hydroxyl groups is 5. The minimum absolute atomic E-state index is 0.156. The average molecular weight is 463 g/mol. The highest BCUT2D eigenvalue weighted by molar-refractivity contribution is 6.33. The van der Waals surface area contributed by atoms with E-state index in [2.05, 4.69) is 12.1 Å². The number of hydrogen-bond donors (Lipinski definition) is 5. The van der Waals surface area contributed by atoms with Gasteiger partial charge in [-0.1, -0.05) is 35.9 Å². The maximum atomic E-state index is 13.0. The summed E-state index contributed by atoms with van der Waals surface area (Å²) in [6.45, 7) is -0.494. The van der Waals surface area contributed by atoms with Gasteiger partial charge < -0.3 is 30.3 Å². The van der Waals surface area contributed by atoms with Crippen LogP contribution in [0.4, 0.5) is 0 Å². The highest BCUT2D eigenvalue weighted by atomic mass is 35.5. The van der Waals surface area contributed by atoms with Crippen LogP contribution in [-0.2, 0) is 12.8 Å². The normalized spacial score (nSPS) is 19.1. The Labute approximate surface area is 190 Å². The molecule has 0 bridgehead atoms. The van der Waals surface area contributed by atoms with Crippen LogP contribution in [0.5, 0.6) is 5.75 Å². The summed E-state index contributed by atoms with van der Waals surface area (Å²) in [5, 5.41) is 49.3.